The van der Waals surface area contributed by atoms with Gasteiger partial charge in [-0.05, 0) is 42.5 Å². The van der Waals surface area contributed by atoms with Gasteiger partial charge in [0.1, 0.15) is 6.04 Å². The second kappa shape index (κ2) is 10.2. The summed E-state index contributed by atoms with van der Waals surface area (Å²) in [6.45, 7) is 0.727. The van der Waals surface area contributed by atoms with Crippen molar-refractivity contribution in [2.24, 2.45) is 5.92 Å². The first-order valence-electron chi connectivity index (χ1n) is 11.4. The Hall–Kier alpha value is -2.79. The molecule has 0 aliphatic heterocycles. The number of likely N-dealkylation sites (N-methyl/N-ethyl adjacent to an activating group) is 1. The van der Waals surface area contributed by atoms with Gasteiger partial charge in [0.25, 0.3) is 5.91 Å². The maximum Gasteiger partial charge on any atom is 0.253 e. The number of carbonyl (C=O) groups excluding carboxylic acids is 2. The largest absolute Gasteiger partial charge is 0.361 e. The van der Waals surface area contributed by atoms with Crippen LogP contribution in [0.3, 0.4) is 0 Å². The highest BCUT2D eigenvalue weighted by Crippen LogP contribution is 2.25. The molecule has 1 fully saturated rings. The number of hydrogen-bond acceptors (Lipinski definition) is 2. The van der Waals surface area contributed by atoms with Crippen molar-refractivity contribution < 1.29 is 9.59 Å². The molecule has 0 radical (unpaired) electrons. The Balaban J connectivity index is 1.55. The fourth-order valence-electron chi connectivity index (χ4n) is 4.71. The first-order valence-corrected chi connectivity index (χ1v) is 11.8. The minimum absolute atomic E-state index is 0.0683. The third kappa shape index (κ3) is 5.16. The maximum absolute atomic E-state index is 13.5. The Kier molecular flexibility index (Phi) is 7.15. The van der Waals surface area contributed by atoms with Crippen LogP contribution in [0, 0.1) is 5.92 Å². The number of H-pyrrole nitrogens is 1. The molecular formula is C26H30ClN3O2. The number of amides is 2. The molecule has 1 atom stereocenters. The summed E-state index contributed by atoms with van der Waals surface area (Å²) in [6, 6.07) is 14.2. The number of nitrogens with zero attached hydrogens (tertiary/aromatic N) is 1. The summed E-state index contributed by atoms with van der Waals surface area (Å²) >= 11 is 6.23. The monoisotopic (exact) mass is 451 g/mol. The molecule has 0 bridgehead atoms. The minimum atomic E-state index is -0.674. The molecule has 0 saturated heterocycles. The zero-order chi connectivity index (χ0) is 22.5. The van der Waals surface area contributed by atoms with Gasteiger partial charge in [-0.15, -0.1) is 0 Å². The van der Waals surface area contributed by atoms with Crippen LogP contribution in [0.2, 0.25) is 5.02 Å². The number of halogens is 1. The van der Waals surface area contributed by atoms with Crippen LogP contribution < -0.4 is 5.32 Å². The van der Waals surface area contributed by atoms with Crippen LogP contribution in [-0.4, -0.2) is 41.3 Å². The molecule has 168 valence electrons. The van der Waals surface area contributed by atoms with Crippen LogP contribution in [0.4, 0.5) is 0 Å². The normalized spacial score (nSPS) is 15.4. The number of rotatable bonds is 7. The summed E-state index contributed by atoms with van der Waals surface area (Å²) in [6.07, 6.45) is 8.41. The number of para-hydroxylation sites is 1. The van der Waals surface area contributed by atoms with Crippen molar-refractivity contribution in [1.82, 2.24) is 15.2 Å². The van der Waals surface area contributed by atoms with E-state index in [1.54, 1.807) is 29.2 Å². The molecule has 32 heavy (non-hydrogen) atoms. The lowest BCUT2D eigenvalue weighted by Gasteiger charge is -2.30. The van der Waals surface area contributed by atoms with Crippen LogP contribution in [0.5, 0.6) is 0 Å². The molecule has 5 nitrogen and oxygen atoms in total. The molecule has 3 aromatic rings. The van der Waals surface area contributed by atoms with E-state index in [-0.39, 0.29) is 11.8 Å². The smallest absolute Gasteiger partial charge is 0.253 e. The van der Waals surface area contributed by atoms with Crippen molar-refractivity contribution in [3.05, 3.63) is 70.9 Å². The average Bonchev–Trinajstić information content (AvgIpc) is 3.22. The Morgan fingerprint density at radius 1 is 1.09 bits per heavy atom. The van der Waals surface area contributed by atoms with Gasteiger partial charge in [-0.3, -0.25) is 9.59 Å². The van der Waals surface area contributed by atoms with Crippen LogP contribution in [-0.2, 0) is 11.2 Å². The first-order chi connectivity index (χ1) is 15.5. The highest BCUT2D eigenvalue weighted by Gasteiger charge is 2.28. The number of carbonyl (C=O) groups is 2. The topological polar surface area (TPSA) is 65.2 Å². The quantitative estimate of drug-likeness (QED) is 0.518. The van der Waals surface area contributed by atoms with E-state index in [9.17, 15) is 9.59 Å². The lowest BCUT2D eigenvalue weighted by molar-refractivity contribution is -0.132. The van der Waals surface area contributed by atoms with Crippen LogP contribution in [0.1, 0.15) is 48.0 Å². The minimum Gasteiger partial charge on any atom is -0.361 e. The Morgan fingerprint density at radius 2 is 1.81 bits per heavy atom. The Bertz CT molecular complexity index is 1090. The molecule has 6 heteroatoms. The number of fused-ring (bicyclic) bond motifs is 1. The summed E-state index contributed by atoms with van der Waals surface area (Å²) in [5.41, 5.74) is 2.40. The molecule has 1 aromatic heterocycles. The van der Waals surface area contributed by atoms with Crippen molar-refractivity contribution >= 4 is 34.3 Å². The van der Waals surface area contributed by atoms with Gasteiger partial charge >= 0.3 is 0 Å². The van der Waals surface area contributed by atoms with E-state index in [0.29, 0.717) is 22.9 Å². The fraction of sp³-hybridized carbons (Fsp3) is 0.385. The molecule has 1 heterocycles. The van der Waals surface area contributed by atoms with E-state index in [1.165, 1.54) is 19.3 Å². The van der Waals surface area contributed by atoms with E-state index in [4.69, 9.17) is 11.6 Å². The highest BCUT2D eigenvalue weighted by atomic mass is 35.5. The summed E-state index contributed by atoms with van der Waals surface area (Å²) in [5.74, 6) is 0.131. The molecule has 2 N–H and O–H groups in total. The number of aromatic amines is 1. The third-order valence-corrected chi connectivity index (χ3v) is 6.78. The standard InChI is InChI=1S/C26H30ClN3O2/c1-30(17-18-9-3-2-4-10-18)26(32)24(29-25(31)21-12-5-7-13-22(21)27)15-19-16-28-23-14-8-6-11-20(19)23/h5-8,11-14,16,18,24,28H,2-4,9-10,15,17H2,1H3,(H,29,31). The predicted octanol–water partition coefficient (Wildman–Crippen LogP) is 5.20. The Labute approximate surface area is 194 Å². The SMILES string of the molecule is CN(CC1CCCCC1)C(=O)C(Cc1c[nH]c2ccccc12)NC(=O)c1ccccc1Cl. The predicted molar refractivity (Wildman–Crippen MR) is 129 cm³/mol. The first kappa shape index (κ1) is 22.4. The van der Waals surface area contributed by atoms with Crippen molar-refractivity contribution in [2.45, 2.75) is 44.6 Å². The van der Waals surface area contributed by atoms with E-state index in [0.717, 1.165) is 35.9 Å². The molecule has 1 saturated carbocycles. The van der Waals surface area contributed by atoms with Gasteiger partial charge in [-0.2, -0.15) is 0 Å². The molecule has 1 aliphatic carbocycles. The van der Waals surface area contributed by atoms with Gasteiger partial charge in [0.15, 0.2) is 0 Å². The molecular weight excluding hydrogens is 422 g/mol. The van der Waals surface area contributed by atoms with Crippen molar-refractivity contribution in [1.29, 1.82) is 0 Å². The number of aromatic nitrogens is 1. The second-order valence-corrected chi connectivity index (χ2v) is 9.20. The van der Waals surface area contributed by atoms with Crippen LogP contribution in [0.15, 0.2) is 54.7 Å². The third-order valence-electron chi connectivity index (χ3n) is 6.45. The lowest BCUT2D eigenvalue weighted by atomic mass is 9.89. The zero-order valence-electron chi connectivity index (χ0n) is 18.4. The molecule has 1 unspecified atom stereocenters. The summed E-state index contributed by atoms with van der Waals surface area (Å²) in [5, 5.41) is 4.40. The van der Waals surface area contributed by atoms with Gasteiger partial charge in [0.05, 0.1) is 10.6 Å². The van der Waals surface area contributed by atoms with E-state index in [1.807, 2.05) is 37.5 Å². The van der Waals surface area contributed by atoms with Gasteiger partial charge in [-0.25, -0.2) is 0 Å². The molecule has 0 spiro atoms. The summed E-state index contributed by atoms with van der Waals surface area (Å²) in [7, 11) is 1.85. The van der Waals surface area contributed by atoms with Gasteiger partial charge < -0.3 is 15.2 Å². The molecule has 2 amide bonds. The van der Waals surface area contributed by atoms with E-state index < -0.39 is 6.04 Å². The molecule has 4 rings (SSSR count). The van der Waals surface area contributed by atoms with Crippen LogP contribution >= 0.6 is 11.6 Å². The van der Waals surface area contributed by atoms with E-state index >= 15 is 0 Å². The van der Waals surface area contributed by atoms with Crippen LogP contribution in [0.25, 0.3) is 10.9 Å². The average molecular weight is 452 g/mol. The highest BCUT2D eigenvalue weighted by molar-refractivity contribution is 6.33. The van der Waals surface area contributed by atoms with E-state index in [2.05, 4.69) is 10.3 Å². The number of hydrogen-bond donors (Lipinski definition) is 2. The second-order valence-electron chi connectivity index (χ2n) is 8.79. The van der Waals surface area contributed by atoms with Gasteiger partial charge in [0.2, 0.25) is 5.91 Å². The molecule has 1 aliphatic rings. The maximum atomic E-state index is 13.5. The van der Waals surface area contributed by atoms with Gasteiger partial charge in [0, 0.05) is 37.1 Å². The number of benzene rings is 2. The van der Waals surface area contributed by atoms with Gasteiger partial charge in [-0.1, -0.05) is 61.2 Å². The van der Waals surface area contributed by atoms with Crippen molar-refractivity contribution in [3.63, 3.8) is 0 Å². The number of nitrogens with one attached hydrogen (secondary N) is 2. The summed E-state index contributed by atoms with van der Waals surface area (Å²) in [4.78, 5) is 31.6. The lowest BCUT2D eigenvalue weighted by Crippen LogP contribution is -2.49. The fourth-order valence-corrected chi connectivity index (χ4v) is 4.94. The Morgan fingerprint density at radius 3 is 2.59 bits per heavy atom. The van der Waals surface area contributed by atoms with Crippen molar-refractivity contribution in [3.8, 4) is 0 Å². The summed E-state index contributed by atoms with van der Waals surface area (Å²) < 4.78 is 0. The van der Waals surface area contributed by atoms with Crippen molar-refractivity contribution in [2.75, 3.05) is 13.6 Å². The molecule has 2 aromatic carbocycles. The zero-order valence-corrected chi connectivity index (χ0v) is 19.2.